The van der Waals surface area contributed by atoms with Gasteiger partial charge in [-0.05, 0) is 30.7 Å². The van der Waals surface area contributed by atoms with E-state index in [1.807, 2.05) is 18.2 Å². The molecule has 3 heteroatoms. The van der Waals surface area contributed by atoms with Crippen LogP contribution in [0.5, 0.6) is 5.75 Å². The second kappa shape index (κ2) is 4.70. The highest BCUT2D eigenvalue weighted by molar-refractivity contribution is 6.04. The molecule has 0 saturated carbocycles. The van der Waals surface area contributed by atoms with Crippen molar-refractivity contribution in [1.82, 2.24) is 0 Å². The fraction of sp³-hybridized carbons (Fsp3) is 0.0714. The maximum Gasteiger partial charge on any atom is 0.255 e. The Morgan fingerprint density at radius 2 is 1.82 bits per heavy atom. The summed E-state index contributed by atoms with van der Waals surface area (Å²) in [4.78, 5) is 11.8. The van der Waals surface area contributed by atoms with Crippen LogP contribution in [0.4, 0.5) is 5.69 Å². The number of carbonyl (C=O) groups excluding carboxylic acids is 1. The predicted molar refractivity (Wildman–Crippen MR) is 67.2 cm³/mol. The summed E-state index contributed by atoms with van der Waals surface area (Å²) in [5.74, 6) is -0.00952. The maximum absolute atomic E-state index is 11.8. The Labute approximate surface area is 99.7 Å². The molecule has 2 aromatic carbocycles. The molecule has 3 nitrogen and oxygen atoms in total. The molecule has 0 radical (unpaired) electrons. The number of nitrogens with one attached hydrogen (secondary N) is 1. The van der Waals surface area contributed by atoms with Crippen LogP contribution in [-0.4, -0.2) is 11.0 Å². The number of amides is 1. The monoisotopic (exact) mass is 227 g/mol. The minimum Gasteiger partial charge on any atom is -0.508 e. The SMILES string of the molecule is Cc1ccc(NC(=O)c2ccccc2)cc1O. The van der Waals surface area contributed by atoms with E-state index in [0.29, 0.717) is 11.3 Å². The van der Waals surface area contributed by atoms with Gasteiger partial charge in [-0.1, -0.05) is 24.3 Å². The van der Waals surface area contributed by atoms with Crippen molar-refractivity contribution >= 4 is 11.6 Å². The lowest BCUT2D eigenvalue weighted by atomic mass is 10.2. The van der Waals surface area contributed by atoms with E-state index in [2.05, 4.69) is 5.32 Å². The molecule has 0 aliphatic carbocycles. The predicted octanol–water partition coefficient (Wildman–Crippen LogP) is 2.95. The summed E-state index contributed by atoms with van der Waals surface area (Å²) >= 11 is 0. The van der Waals surface area contributed by atoms with E-state index in [1.165, 1.54) is 6.07 Å². The summed E-state index contributed by atoms with van der Waals surface area (Å²) in [5.41, 5.74) is 1.96. The molecule has 0 unspecified atom stereocenters. The molecule has 1 amide bonds. The van der Waals surface area contributed by atoms with E-state index in [0.717, 1.165) is 5.56 Å². The number of hydrogen-bond donors (Lipinski definition) is 2. The lowest BCUT2D eigenvalue weighted by Gasteiger charge is -2.06. The molecular weight excluding hydrogens is 214 g/mol. The quantitative estimate of drug-likeness (QED) is 0.828. The van der Waals surface area contributed by atoms with Crippen molar-refractivity contribution in [3.05, 3.63) is 59.7 Å². The largest absolute Gasteiger partial charge is 0.508 e. The van der Waals surface area contributed by atoms with Crippen molar-refractivity contribution in [3.8, 4) is 5.75 Å². The fourth-order valence-electron chi connectivity index (χ4n) is 1.48. The van der Waals surface area contributed by atoms with Crippen LogP contribution in [0.1, 0.15) is 15.9 Å². The number of aryl methyl sites for hydroxylation is 1. The van der Waals surface area contributed by atoms with E-state index in [4.69, 9.17) is 0 Å². The fourth-order valence-corrected chi connectivity index (χ4v) is 1.48. The van der Waals surface area contributed by atoms with Gasteiger partial charge in [-0.25, -0.2) is 0 Å². The molecule has 0 aliphatic heterocycles. The van der Waals surface area contributed by atoms with Crippen LogP contribution >= 0.6 is 0 Å². The Bertz CT molecular complexity index is 535. The Morgan fingerprint density at radius 1 is 1.12 bits per heavy atom. The molecule has 0 spiro atoms. The summed E-state index contributed by atoms with van der Waals surface area (Å²) in [5, 5.41) is 12.3. The highest BCUT2D eigenvalue weighted by Gasteiger charge is 2.05. The highest BCUT2D eigenvalue weighted by atomic mass is 16.3. The summed E-state index contributed by atoms with van der Waals surface area (Å²) < 4.78 is 0. The van der Waals surface area contributed by atoms with Crippen LogP contribution in [0, 0.1) is 6.92 Å². The van der Waals surface area contributed by atoms with Crippen LogP contribution in [0.25, 0.3) is 0 Å². The zero-order valence-electron chi connectivity index (χ0n) is 9.47. The van der Waals surface area contributed by atoms with Crippen molar-refractivity contribution in [2.24, 2.45) is 0 Å². The van der Waals surface area contributed by atoms with Crippen LogP contribution in [0.2, 0.25) is 0 Å². The number of phenolic OH excluding ortho intramolecular Hbond substituents is 1. The number of phenols is 1. The van der Waals surface area contributed by atoms with E-state index in [9.17, 15) is 9.90 Å². The molecule has 0 bridgehead atoms. The molecular formula is C14H13NO2. The van der Waals surface area contributed by atoms with Gasteiger partial charge in [0.15, 0.2) is 0 Å². The molecule has 0 atom stereocenters. The number of hydrogen-bond acceptors (Lipinski definition) is 2. The first kappa shape index (κ1) is 11.2. The molecule has 0 saturated heterocycles. The average Bonchev–Trinajstić information content (AvgIpc) is 2.35. The standard InChI is InChI=1S/C14H13NO2/c1-10-7-8-12(9-13(10)16)15-14(17)11-5-3-2-4-6-11/h2-9,16H,1H3,(H,15,17). The van der Waals surface area contributed by atoms with Gasteiger partial charge in [0.25, 0.3) is 5.91 Å². The topological polar surface area (TPSA) is 49.3 Å². The van der Waals surface area contributed by atoms with Crippen LogP contribution in [-0.2, 0) is 0 Å². The third-order valence-electron chi connectivity index (χ3n) is 2.50. The van der Waals surface area contributed by atoms with Crippen molar-refractivity contribution < 1.29 is 9.90 Å². The molecule has 0 aliphatic rings. The first-order valence-corrected chi connectivity index (χ1v) is 5.33. The van der Waals surface area contributed by atoms with E-state index >= 15 is 0 Å². The highest BCUT2D eigenvalue weighted by Crippen LogP contribution is 2.21. The molecule has 0 heterocycles. The van der Waals surface area contributed by atoms with E-state index in [1.54, 1.807) is 31.2 Å². The van der Waals surface area contributed by atoms with Crippen LogP contribution < -0.4 is 5.32 Å². The summed E-state index contributed by atoms with van der Waals surface area (Å²) in [6.45, 7) is 1.80. The normalized spacial score (nSPS) is 9.94. The van der Waals surface area contributed by atoms with Gasteiger partial charge in [0.1, 0.15) is 5.75 Å². The van der Waals surface area contributed by atoms with Gasteiger partial charge in [0, 0.05) is 17.3 Å². The van der Waals surface area contributed by atoms with Gasteiger partial charge in [0.2, 0.25) is 0 Å². The van der Waals surface area contributed by atoms with Crippen LogP contribution in [0.15, 0.2) is 48.5 Å². The minimum absolute atomic E-state index is 0.177. The third-order valence-corrected chi connectivity index (χ3v) is 2.50. The zero-order valence-corrected chi connectivity index (χ0v) is 9.47. The molecule has 0 fully saturated rings. The molecule has 86 valence electrons. The average molecular weight is 227 g/mol. The van der Waals surface area contributed by atoms with Crippen LogP contribution in [0.3, 0.4) is 0 Å². The number of aromatic hydroxyl groups is 1. The van der Waals surface area contributed by atoms with Gasteiger partial charge in [-0.2, -0.15) is 0 Å². The Balaban J connectivity index is 2.16. The lowest BCUT2D eigenvalue weighted by Crippen LogP contribution is -2.11. The van der Waals surface area contributed by atoms with Gasteiger partial charge in [0.05, 0.1) is 0 Å². The maximum atomic E-state index is 11.8. The molecule has 2 N–H and O–H groups in total. The molecule has 2 aromatic rings. The van der Waals surface area contributed by atoms with Gasteiger partial charge in [-0.15, -0.1) is 0 Å². The van der Waals surface area contributed by atoms with Gasteiger partial charge >= 0.3 is 0 Å². The first-order valence-electron chi connectivity index (χ1n) is 5.33. The zero-order chi connectivity index (χ0) is 12.3. The summed E-state index contributed by atoms with van der Waals surface area (Å²) in [7, 11) is 0. The molecule has 17 heavy (non-hydrogen) atoms. The summed E-state index contributed by atoms with van der Waals surface area (Å²) in [6, 6.07) is 14.0. The number of anilines is 1. The number of rotatable bonds is 2. The van der Waals surface area contributed by atoms with Gasteiger partial charge < -0.3 is 10.4 Å². The first-order chi connectivity index (χ1) is 8.16. The minimum atomic E-state index is -0.186. The van der Waals surface area contributed by atoms with Crippen molar-refractivity contribution in [2.75, 3.05) is 5.32 Å². The van der Waals surface area contributed by atoms with Crippen molar-refractivity contribution in [1.29, 1.82) is 0 Å². The summed E-state index contributed by atoms with van der Waals surface area (Å²) in [6.07, 6.45) is 0. The smallest absolute Gasteiger partial charge is 0.255 e. The Morgan fingerprint density at radius 3 is 2.47 bits per heavy atom. The van der Waals surface area contributed by atoms with Gasteiger partial charge in [-0.3, -0.25) is 4.79 Å². The molecule has 2 rings (SSSR count). The second-order valence-corrected chi connectivity index (χ2v) is 3.82. The Kier molecular flexibility index (Phi) is 3.10. The van der Waals surface area contributed by atoms with E-state index in [-0.39, 0.29) is 11.7 Å². The molecule has 0 aromatic heterocycles. The lowest BCUT2D eigenvalue weighted by molar-refractivity contribution is 0.102. The second-order valence-electron chi connectivity index (χ2n) is 3.82. The van der Waals surface area contributed by atoms with Crippen molar-refractivity contribution in [2.45, 2.75) is 6.92 Å². The van der Waals surface area contributed by atoms with Crippen molar-refractivity contribution in [3.63, 3.8) is 0 Å². The third kappa shape index (κ3) is 2.64. The number of carbonyl (C=O) groups is 1. The number of benzene rings is 2. The van der Waals surface area contributed by atoms with E-state index < -0.39 is 0 Å². The Hall–Kier alpha value is -2.29.